The topological polar surface area (TPSA) is 145 Å². The number of allylic oxidation sites excluding steroid dienone is 1. The normalized spacial score (nSPS) is 20.6. The minimum atomic E-state index is -3.80. The Balaban J connectivity index is 1.84. The van der Waals surface area contributed by atoms with E-state index in [1.807, 2.05) is 0 Å². The summed E-state index contributed by atoms with van der Waals surface area (Å²) in [4.78, 5) is 51.0. The number of rotatable bonds is 8. The fraction of sp³-hybridized carbons (Fsp3) is 0.545. The number of hydrogen-bond acceptors (Lipinski definition) is 11. The third-order valence-electron chi connectivity index (χ3n) is 7.76. The quantitative estimate of drug-likeness (QED) is 0.226. The van der Waals surface area contributed by atoms with Crippen LogP contribution in [0.1, 0.15) is 83.8 Å². The number of carbonyl (C=O) groups excluding carboxylic acids is 3. The van der Waals surface area contributed by atoms with Gasteiger partial charge in [-0.2, -0.15) is 4.31 Å². The molecule has 1 fully saturated rings. The molecule has 4 rings (SSSR count). The number of halogens is 2. The number of aromatic nitrogens is 1. The number of benzene rings is 1. The van der Waals surface area contributed by atoms with Gasteiger partial charge in [0, 0.05) is 28.6 Å². The molecule has 1 amide bonds. The Bertz CT molecular complexity index is 1740. The molecule has 49 heavy (non-hydrogen) atoms. The molecular formula is C33H42ClFN4O8S2. The average molecular weight is 741 g/mol. The minimum absolute atomic E-state index is 0.000604. The number of hydrogen-bond donors (Lipinski definition) is 0. The van der Waals surface area contributed by atoms with Crippen molar-refractivity contribution in [2.45, 2.75) is 90.5 Å². The molecule has 2 heterocycles. The van der Waals surface area contributed by atoms with Gasteiger partial charge < -0.3 is 14.2 Å². The minimum Gasteiger partial charge on any atom is -0.466 e. The lowest BCUT2D eigenvalue weighted by Gasteiger charge is -2.40. The number of amidine groups is 1. The summed E-state index contributed by atoms with van der Waals surface area (Å²) < 4.78 is 57.6. The largest absolute Gasteiger partial charge is 0.466 e. The van der Waals surface area contributed by atoms with Crippen molar-refractivity contribution in [1.82, 2.24) is 14.2 Å². The number of ether oxygens (including phenoxy) is 3. The predicted octanol–water partition coefficient (Wildman–Crippen LogP) is 6.26. The Labute approximate surface area is 295 Å². The first kappa shape index (κ1) is 38.4. The van der Waals surface area contributed by atoms with Crippen molar-refractivity contribution < 1.29 is 41.4 Å². The smallest absolute Gasteiger partial charge is 0.416 e. The molecule has 12 nitrogen and oxygen atoms in total. The van der Waals surface area contributed by atoms with Crippen LogP contribution in [0.15, 0.2) is 46.0 Å². The maximum absolute atomic E-state index is 14.3. The highest BCUT2D eigenvalue weighted by Crippen LogP contribution is 2.45. The molecule has 0 spiro atoms. The first-order valence-corrected chi connectivity index (χ1v) is 18.8. The maximum atomic E-state index is 14.3. The van der Waals surface area contributed by atoms with Crippen LogP contribution in [0, 0.1) is 11.7 Å². The summed E-state index contributed by atoms with van der Waals surface area (Å²) in [6, 6.07) is 1.88. The molecule has 1 aromatic carbocycles. The average Bonchev–Trinajstić information content (AvgIpc) is 3.51. The number of amides is 1. The molecule has 1 aliphatic carbocycles. The van der Waals surface area contributed by atoms with Crippen LogP contribution in [-0.2, 0) is 33.8 Å². The number of methoxy groups -OCH3 is 1. The third-order valence-corrected chi connectivity index (χ3v) is 10.1. The van der Waals surface area contributed by atoms with Gasteiger partial charge in [-0.15, -0.1) is 11.3 Å². The van der Waals surface area contributed by atoms with Crippen LogP contribution < -0.4 is 0 Å². The van der Waals surface area contributed by atoms with Crippen LogP contribution in [0.4, 0.5) is 9.18 Å². The van der Waals surface area contributed by atoms with Crippen LogP contribution in [0.25, 0.3) is 0 Å². The number of aliphatic imine (C=N–C) groups is 1. The summed E-state index contributed by atoms with van der Waals surface area (Å²) in [5.41, 5.74) is -1.20. The zero-order valence-electron chi connectivity index (χ0n) is 28.8. The number of thiazole rings is 1. The van der Waals surface area contributed by atoms with Gasteiger partial charge in [0.15, 0.2) is 10.8 Å². The van der Waals surface area contributed by atoms with E-state index in [1.54, 1.807) is 53.1 Å². The van der Waals surface area contributed by atoms with E-state index in [4.69, 9.17) is 30.8 Å². The van der Waals surface area contributed by atoms with Crippen LogP contribution in [0.5, 0.6) is 0 Å². The molecule has 268 valence electrons. The molecule has 1 atom stereocenters. The van der Waals surface area contributed by atoms with Crippen molar-refractivity contribution in [3.05, 3.63) is 62.5 Å². The van der Waals surface area contributed by atoms with Crippen LogP contribution in [0.3, 0.4) is 0 Å². The summed E-state index contributed by atoms with van der Waals surface area (Å²) >= 11 is 7.83. The van der Waals surface area contributed by atoms with Gasteiger partial charge in [-0.1, -0.05) is 17.7 Å². The Kier molecular flexibility index (Phi) is 11.6. The molecule has 0 radical (unpaired) electrons. The van der Waals surface area contributed by atoms with Crippen molar-refractivity contribution in [1.29, 1.82) is 0 Å². The van der Waals surface area contributed by atoms with E-state index in [-0.39, 0.29) is 22.0 Å². The lowest BCUT2D eigenvalue weighted by atomic mass is 9.80. The molecular weight excluding hydrogens is 699 g/mol. The van der Waals surface area contributed by atoms with Crippen molar-refractivity contribution in [2.24, 2.45) is 10.9 Å². The van der Waals surface area contributed by atoms with Gasteiger partial charge in [-0.05, 0) is 84.9 Å². The summed E-state index contributed by atoms with van der Waals surface area (Å²) in [5.74, 6) is -2.39. The number of carbonyl (C=O) groups is 3. The van der Waals surface area contributed by atoms with E-state index >= 15 is 0 Å². The highest BCUT2D eigenvalue weighted by molar-refractivity contribution is 7.88. The summed E-state index contributed by atoms with van der Waals surface area (Å²) in [7, 11) is -2.60. The highest BCUT2D eigenvalue weighted by atomic mass is 35.5. The number of esters is 2. The van der Waals surface area contributed by atoms with Gasteiger partial charge in [0.1, 0.15) is 29.6 Å². The monoisotopic (exact) mass is 740 g/mol. The van der Waals surface area contributed by atoms with E-state index in [0.29, 0.717) is 36.4 Å². The van der Waals surface area contributed by atoms with Crippen molar-refractivity contribution in [3.8, 4) is 0 Å². The Morgan fingerprint density at radius 2 is 1.69 bits per heavy atom. The first-order valence-electron chi connectivity index (χ1n) is 15.7. The molecule has 1 aliphatic heterocycles. The highest BCUT2D eigenvalue weighted by Gasteiger charge is 2.46. The Hall–Kier alpha value is -3.40. The fourth-order valence-corrected chi connectivity index (χ4v) is 7.90. The number of nitrogens with zero attached hydrogens (tertiary/aromatic N) is 4. The van der Waals surface area contributed by atoms with Gasteiger partial charge in [0.25, 0.3) is 0 Å². The van der Waals surface area contributed by atoms with Crippen LogP contribution in [0.2, 0.25) is 5.02 Å². The van der Waals surface area contributed by atoms with Crippen LogP contribution >= 0.6 is 22.9 Å². The molecule has 1 aromatic heterocycles. The fourth-order valence-electron chi connectivity index (χ4n) is 5.92. The van der Waals surface area contributed by atoms with Gasteiger partial charge in [-0.3, -0.25) is 4.79 Å². The van der Waals surface area contributed by atoms with Crippen molar-refractivity contribution in [2.75, 3.05) is 19.9 Å². The molecule has 0 N–H and O–H groups in total. The zero-order chi connectivity index (χ0) is 36.5. The second-order valence-corrected chi connectivity index (χ2v) is 17.1. The zero-order valence-corrected chi connectivity index (χ0v) is 31.2. The van der Waals surface area contributed by atoms with E-state index in [0.717, 1.165) is 16.6 Å². The summed E-state index contributed by atoms with van der Waals surface area (Å²) in [6.07, 6.45) is 3.15. The molecule has 16 heteroatoms. The van der Waals surface area contributed by atoms with E-state index in [2.05, 4.69) is 4.98 Å². The maximum Gasteiger partial charge on any atom is 0.416 e. The molecule has 0 bridgehead atoms. The summed E-state index contributed by atoms with van der Waals surface area (Å²) in [5, 5.41) is 2.01. The van der Waals surface area contributed by atoms with Crippen LogP contribution in [-0.4, -0.2) is 83.6 Å². The molecule has 2 aromatic rings. The lowest BCUT2D eigenvalue weighted by Crippen LogP contribution is -2.48. The SMILES string of the molecule is COC(=O)C1=C(C2CCC(N(CC(=O)OC(C)(C)C)S(C)(=O)=O)CC2)N=C(c2nccs2)N(C(=O)OC(C)(C)C)C1c1ccc(F)cc1Cl. The lowest BCUT2D eigenvalue weighted by molar-refractivity contribution is -0.155. The Morgan fingerprint density at radius 1 is 1.06 bits per heavy atom. The van der Waals surface area contributed by atoms with Gasteiger partial charge in [-0.25, -0.2) is 37.3 Å². The molecule has 1 unspecified atom stereocenters. The second kappa shape index (κ2) is 14.8. The van der Waals surface area contributed by atoms with Crippen molar-refractivity contribution >= 4 is 56.8 Å². The summed E-state index contributed by atoms with van der Waals surface area (Å²) in [6.45, 7) is 9.75. The molecule has 0 saturated heterocycles. The van der Waals surface area contributed by atoms with Crippen molar-refractivity contribution in [3.63, 3.8) is 0 Å². The Morgan fingerprint density at radius 3 is 2.20 bits per heavy atom. The second-order valence-electron chi connectivity index (χ2n) is 13.9. The molecule has 2 aliphatic rings. The first-order chi connectivity index (χ1) is 22.7. The van der Waals surface area contributed by atoms with E-state index < -0.39 is 69.6 Å². The third kappa shape index (κ3) is 9.44. The van der Waals surface area contributed by atoms with Gasteiger partial charge >= 0.3 is 18.0 Å². The predicted molar refractivity (Wildman–Crippen MR) is 183 cm³/mol. The van der Waals surface area contributed by atoms with Gasteiger partial charge in [0.2, 0.25) is 10.0 Å². The van der Waals surface area contributed by atoms with Gasteiger partial charge in [0.05, 0.1) is 24.6 Å². The van der Waals surface area contributed by atoms with E-state index in [1.165, 1.54) is 35.5 Å². The molecule has 1 saturated carbocycles. The standard InChI is InChI=1S/C33H42ClFN4O8S2/c1-32(2,3)46-24(40)18-38(49(8,43)44)21-12-9-19(10-13-21)26-25(30(41)45-7)27(22-14-11-20(35)17-23(22)34)39(31(42)47-33(4,5)6)28(37-26)29-36-15-16-48-29/h11,14-17,19,21,27H,9-10,12-13,18H2,1-8H3. The van der Waals surface area contributed by atoms with E-state index in [9.17, 15) is 27.2 Å². The number of sulfonamides is 1.